The van der Waals surface area contributed by atoms with Crippen molar-refractivity contribution >= 4 is 15.9 Å². The number of hydrogen-bond donors (Lipinski definition) is 2. The maximum absolute atomic E-state index is 6.13. The molecule has 2 rings (SSSR count). The number of benzene rings is 1. The van der Waals surface area contributed by atoms with E-state index >= 15 is 0 Å². The van der Waals surface area contributed by atoms with Gasteiger partial charge in [-0.1, -0.05) is 0 Å². The van der Waals surface area contributed by atoms with E-state index in [9.17, 15) is 0 Å². The first kappa shape index (κ1) is 12.8. The number of nitrogens with zero attached hydrogens (tertiary/aromatic N) is 2. The molecule has 1 heterocycles. The third-order valence-electron chi connectivity index (χ3n) is 2.60. The van der Waals surface area contributed by atoms with Crippen LogP contribution in [0.4, 0.5) is 0 Å². The summed E-state index contributed by atoms with van der Waals surface area (Å²) < 4.78 is 11.3. The Bertz CT molecular complexity index is 530. The van der Waals surface area contributed by atoms with Crippen molar-refractivity contribution in [3.63, 3.8) is 0 Å². The highest BCUT2D eigenvalue weighted by Crippen LogP contribution is 2.40. The minimum Gasteiger partial charge on any atom is -0.495 e. The van der Waals surface area contributed by atoms with Crippen molar-refractivity contribution in [3.8, 4) is 11.5 Å². The number of rotatable bonds is 4. The Morgan fingerprint density at radius 1 is 1.33 bits per heavy atom. The molecule has 0 aliphatic rings. The van der Waals surface area contributed by atoms with Gasteiger partial charge in [-0.2, -0.15) is 15.4 Å². The Morgan fingerprint density at radius 2 is 2.11 bits per heavy atom. The Labute approximate surface area is 113 Å². The molecule has 18 heavy (non-hydrogen) atoms. The maximum Gasteiger partial charge on any atom is 0.141 e. The highest BCUT2D eigenvalue weighted by atomic mass is 79.9. The Morgan fingerprint density at radius 3 is 2.67 bits per heavy atom. The first-order valence-corrected chi connectivity index (χ1v) is 6.00. The first-order valence-electron chi connectivity index (χ1n) is 5.20. The van der Waals surface area contributed by atoms with E-state index in [1.807, 2.05) is 12.1 Å². The maximum atomic E-state index is 6.13. The average Bonchev–Trinajstić information content (AvgIpc) is 2.91. The van der Waals surface area contributed by atoms with Crippen LogP contribution in [-0.2, 0) is 0 Å². The third-order valence-corrected chi connectivity index (χ3v) is 3.35. The fourth-order valence-electron chi connectivity index (χ4n) is 1.68. The van der Waals surface area contributed by atoms with Crippen molar-refractivity contribution in [2.24, 2.45) is 5.73 Å². The minimum absolute atomic E-state index is 0.416. The number of hydrogen-bond acceptors (Lipinski definition) is 5. The van der Waals surface area contributed by atoms with Gasteiger partial charge in [0.25, 0.3) is 0 Å². The summed E-state index contributed by atoms with van der Waals surface area (Å²) in [7, 11) is 3.18. The molecule has 1 aromatic carbocycles. The van der Waals surface area contributed by atoms with Crippen LogP contribution in [0.5, 0.6) is 11.5 Å². The van der Waals surface area contributed by atoms with Crippen molar-refractivity contribution in [3.05, 3.63) is 34.1 Å². The molecule has 0 fully saturated rings. The molecule has 0 spiro atoms. The normalized spacial score (nSPS) is 12.2. The third kappa shape index (κ3) is 2.19. The Hall–Kier alpha value is -1.60. The van der Waals surface area contributed by atoms with Crippen LogP contribution in [0, 0.1) is 0 Å². The summed E-state index contributed by atoms with van der Waals surface area (Å²) in [6.07, 6.45) is 1.59. The zero-order valence-corrected chi connectivity index (χ0v) is 11.6. The molecule has 0 aliphatic carbocycles. The molecular weight excluding hydrogens is 300 g/mol. The number of nitrogens with two attached hydrogens (primary N) is 1. The van der Waals surface area contributed by atoms with Gasteiger partial charge in [0, 0.05) is 5.56 Å². The molecule has 0 aliphatic heterocycles. The van der Waals surface area contributed by atoms with Gasteiger partial charge < -0.3 is 15.2 Å². The van der Waals surface area contributed by atoms with Crippen LogP contribution >= 0.6 is 15.9 Å². The van der Waals surface area contributed by atoms with Gasteiger partial charge in [0.2, 0.25) is 0 Å². The quantitative estimate of drug-likeness (QED) is 0.896. The molecule has 7 heteroatoms. The molecule has 0 amide bonds. The van der Waals surface area contributed by atoms with E-state index in [1.165, 1.54) is 0 Å². The lowest BCUT2D eigenvalue weighted by Crippen LogP contribution is -2.14. The molecule has 0 radical (unpaired) electrons. The second kappa shape index (κ2) is 5.36. The lowest BCUT2D eigenvalue weighted by molar-refractivity contribution is 0.385. The second-order valence-corrected chi connectivity index (χ2v) is 4.37. The molecule has 1 atom stereocenters. The van der Waals surface area contributed by atoms with Crippen molar-refractivity contribution < 1.29 is 9.47 Å². The van der Waals surface area contributed by atoms with Crippen LogP contribution in [0.1, 0.15) is 17.3 Å². The number of methoxy groups -OCH3 is 2. The van der Waals surface area contributed by atoms with E-state index in [1.54, 1.807) is 20.4 Å². The second-order valence-electron chi connectivity index (χ2n) is 3.58. The monoisotopic (exact) mass is 312 g/mol. The molecule has 2 aromatic rings. The van der Waals surface area contributed by atoms with Gasteiger partial charge in [-0.05, 0) is 28.1 Å². The van der Waals surface area contributed by atoms with Crippen LogP contribution in [-0.4, -0.2) is 29.6 Å². The summed E-state index contributed by atoms with van der Waals surface area (Å²) >= 11 is 3.43. The number of halogens is 1. The summed E-state index contributed by atoms with van der Waals surface area (Å²) in [6.45, 7) is 0. The van der Waals surface area contributed by atoms with Crippen LogP contribution < -0.4 is 15.2 Å². The van der Waals surface area contributed by atoms with Crippen molar-refractivity contribution in [2.75, 3.05) is 14.2 Å². The van der Waals surface area contributed by atoms with E-state index in [0.29, 0.717) is 17.2 Å². The van der Waals surface area contributed by atoms with Crippen molar-refractivity contribution in [2.45, 2.75) is 6.04 Å². The van der Waals surface area contributed by atoms with Gasteiger partial charge in [0.15, 0.2) is 0 Å². The highest BCUT2D eigenvalue weighted by Gasteiger charge is 2.20. The fraction of sp³-hybridized carbons (Fsp3) is 0.273. The van der Waals surface area contributed by atoms with Gasteiger partial charge in [0.1, 0.15) is 21.7 Å². The summed E-state index contributed by atoms with van der Waals surface area (Å²) in [5.74, 6) is 1.31. The lowest BCUT2D eigenvalue weighted by atomic mass is 10.0. The fourth-order valence-corrected chi connectivity index (χ4v) is 2.37. The number of H-pyrrole nitrogens is 1. The number of aromatic nitrogens is 3. The van der Waals surface area contributed by atoms with Crippen molar-refractivity contribution in [1.29, 1.82) is 0 Å². The number of nitrogens with one attached hydrogen (secondary N) is 1. The number of aromatic amines is 1. The minimum atomic E-state index is -0.416. The first-order chi connectivity index (χ1) is 8.69. The summed E-state index contributed by atoms with van der Waals surface area (Å²) in [5.41, 5.74) is 7.58. The van der Waals surface area contributed by atoms with Crippen LogP contribution in [0.15, 0.2) is 22.8 Å². The van der Waals surface area contributed by atoms with Crippen LogP contribution in [0.3, 0.4) is 0 Å². The van der Waals surface area contributed by atoms with Crippen LogP contribution in [0.2, 0.25) is 0 Å². The van der Waals surface area contributed by atoms with Gasteiger partial charge in [-0.3, -0.25) is 0 Å². The van der Waals surface area contributed by atoms with E-state index in [-0.39, 0.29) is 0 Å². The lowest BCUT2D eigenvalue weighted by Gasteiger charge is -2.16. The largest absolute Gasteiger partial charge is 0.495 e. The summed E-state index contributed by atoms with van der Waals surface area (Å²) in [4.78, 5) is 0. The van der Waals surface area contributed by atoms with E-state index in [2.05, 4.69) is 31.3 Å². The molecule has 0 saturated heterocycles. The zero-order chi connectivity index (χ0) is 13.1. The molecule has 6 nitrogen and oxygen atoms in total. The van der Waals surface area contributed by atoms with Crippen molar-refractivity contribution in [1.82, 2.24) is 15.4 Å². The predicted octanol–water partition coefficient (Wildman–Crippen LogP) is 1.63. The summed E-state index contributed by atoms with van der Waals surface area (Å²) in [5, 5.41) is 10.3. The molecule has 1 aromatic heterocycles. The molecule has 3 N–H and O–H groups in total. The van der Waals surface area contributed by atoms with Gasteiger partial charge in [0.05, 0.1) is 26.5 Å². The van der Waals surface area contributed by atoms with E-state index < -0.39 is 6.04 Å². The average molecular weight is 313 g/mol. The zero-order valence-electron chi connectivity index (χ0n) is 9.98. The van der Waals surface area contributed by atoms with Gasteiger partial charge >= 0.3 is 0 Å². The topological polar surface area (TPSA) is 86.0 Å². The molecular formula is C11H13BrN4O2. The SMILES string of the molecule is COc1ccc(C(N)c2cn[nH]n2)c(OC)c1Br. The Balaban J connectivity index is 2.48. The molecule has 0 saturated carbocycles. The summed E-state index contributed by atoms with van der Waals surface area (Å²) in [6, 6.07) is 3.25. The van der Waals surface area contributed by atoms with Gasteiger partial charge in [-0.25, -0.2) is 0 Å². The predicted molar refractivity (Wildman–Crippen MR) is 69.7 cm³/mol. The highest BCUT2D eigenvalue weighted by molar-refractivity contribution is 9.10. The molecule has 1 unspecified atom stereocenters. The number of ether oxygens (including phenoxy) is 2. The molecule has 96 valence electrons. The van der Waals surface area contributed by atoms with E-state index in [4.69, 9.17) is 15.2 Å². The molecule has 0 bridgehead atoms. The standard InChI is InChI=1S/C11H13BrN4O2/c1-17-8-4-3-6(11(18-2)9(8)12)10(13)7-5-14-16-15-7/h3-5,10H,13H2,1-2H3,(H,14,15,16). The Kier molecular flexibility index (Phi) is 3.83. The van der Waals surface area contributed by atoms with Crippen LogP contribution in [0.25, 0.3) is 0 Å². The van der Waals surface area contributed by atoms with E-state index in [0.717, 1.165) is 10.0 Å². The van der Waals surface area contributed by atoms with Gasteiger partial charge in [-0.15, -0.1) is 0 Å². The smallest absolute Gasteiger partial charge is 0.141 e.